The van der Waals surface area contributed by atoms with E-state index < -0.39 is 0 Å². The summed E-state index contributed by atoms with van der Waals surface area (Å²) < 4.78 is 10.8. The Bertz CT molecular complexity index is 354. The van der Waals surface area contributed by atoms with Crippen LogP contribution in [0.15, 0.2) is 29.4 Å². The summed E-state index contributed by atoms with van der Waals surface area (Å²) in [6, 6.07) is 7.50. The fourth-order valence-corrected chi connectivity index (χ4v) is 1.59. The van der Waals surface area contributed by atoms with Crippen LogP contribution in [0.2, 0.25) is 0 Å². The number of amidine groups is 1. The molecule has 0 aliphatic rings. The van der Waals surface area contributed by atoms with Crippen LogP contribution in [0.1, 0.15) is 6.92 Å². The molecule has 0 aliphatic carbocycles. The van der Waals surface area contributed by atoms with E-state index in [4.69, 9.17) is 21.1 Å². The Hall–Kier alpha value is -1.56. The molecule has 4 N–H and O–H groups in total. The number of thioether (sulfide) groups is 1. The number of hydrogen-bond acceptors (Lipinski definition) is 5. The predicted molar refractivity (Wildman–Crippen MR) is 71.4 cm³/mol. The molecule has 0 saturated heterocycles. The van der Waals surface area contributed by atoms with E-state index in [2.05, 4.69) is 5.10 Å². The third kappa shape index (κ3) is 5.35. The van der Waals surface area contributed by atoms with Gasteiger partial charge >= 0.3 is 0 Å². The molecular weight excluding hydrogens is 238 g/mol. The second kappa shape index (κ2) is 7.67. The van der Waals surface area contributed by atoms with Gasteiger partial charge in [-0.05, 0) is 31.2 Å². The van der Waals surface area contributed by atoms with Gasteiger partial charge in [0, 0.05) is 5.75 Å². The molecule has 0 amide bonds. The minimum absolute atomic E-state index is 0.361. The Morgan fingerprint density at radius 2 is 1.82 bits per heavy atom. The summed E-state index contributed by atoms with van der Waals surface area (Å²) in [4.78, 5) is 0. The molecule has 1 aromatic carbocycles. The number of ether oxygens (including phenoxy) is 2. The van der Waals surface area contributed by atoms with Crippen molar-refractivity contribution in [1.82, 2.24) is 0 Å². The van der Waals surface area contributed by atoms with E-state index in [1.807, 2.05) is 31.2 Å². The number of hydrazone groups is 1. The second-order valence-corrected chi connectivity index (χ2v) is 4.18. The molecule has 6 heteroatoms. The first-order valence-corrected chi connectivity index (χ1v) is 6.26. The van der Waals surface area contributed by atoms with Crippen LogP contribution in [0.4, 0.5) is 0 Å². The topological polar surface area (TPSA) is 82.9 Å². The second-order valence-electron chi connectivity index (χ2n) is 3.07. The van der Waals surface area contributed by atoms with Gasteiger partial charge in [-0.1, -0.05) is 11.8 Å². The van der Waals surface area contributed by atoms with Crippen LogP contribution in [0, 0.1) is 0 Å². The van der Waals surface area contributed by atoms with E-state index in [0.717, 1.165) is 11.5 Å². The standard InChI is InChI=1S/C11H17N3O2S/c1-2-15-9-3-5-10(6-4-9)16-7-8-17-11(12)14-13/h3-6H,2,7-8,13H2,1H3,(H2,12,14). The van der Waals surface area contributed by atoms with Crippen molar-refractivity contribution in [2.45, 2.75) is 6.92 Å². The monoisotopic (exact) mass is 255 g/mol. The number of rotatable bonds is 6. The van der Waals surface area contributed by atoms with Crippen LogP contribution >= 0.6 is 11.8 Å². The zero-order valence-electron chi connectivity index (χ0n) is 9.76. The number of benzene rings is 1. The lowest BCUT2D eigenvalue weighted by molar-refractivity contribution is 0.332. The smallest absolute Gasteiger partial charge is 0.177 e. The number of nitrogens with two attached hydrogens (primary N) is 2. The number of nitrogens with zero attached hydrogens (tertiary/aromatic N) is 1. The maximum Gasteiger partial charge on any atom is 0.177 e. The summed E-state index contributed by atoms with van der Waals surface area (Å²) >= 11 is 1.36. The molecule has 1 rings (SSSR count). The van der Waals surface area contributed by atoms with Gasteiger partial charge in [-0.25, -0.2) is 0 Å². The molecule has 1 aromatic rings. The van der Waals surface area contributed by atoms with E-state index in [0.29, 0.717) is 24.1 Å². The highest BCUT2D eigenvalue weighted by Gasteiger charge is 1.97. The largest absolute Gasteiger partial charge is 0.494 e. The maximum absolute atomic E-state index is 5.51. The minimum Gasteiger partial charge on any atom is -0.494 e. The van der Waals surface area contributed by atoms with Gasteiger partial charge in [0.25, 0.3) is 0 Å². The molecule has 0 radical (unpaired) electrons. The number of hydrogen-bond donors (Lipinski definition) is 2. The molecule has 0 spiro atoms. The summed E-state index contributed by atoms with van der Waals surface area (Å²) in [5.41, 5.74) is 5.42. The Labute approximate surface area is 105 Å². The summed E-state index contributed by atoms with van der Waals surface area (Å²) in [6.07, 6.45) is 0. The van der Waals surface area contributed by atoms with E-state index in [1.165, 1.54) is 11.8 Å². The summed E-state index contributed by atoms with van der Waals surface area (Å²) in [6.45, 7) is 3.16. The highest BCUT2D eigenvalue weighted by Crippen LogP contribution is 2.17. The molecule has 0 bridgehead atoms. The lowest BCUT2D eigenvalue weighted by Crippen LogP contribution is -2.12. The first-order valence-electron chi connectivity index (χ1n) is 5.28. The van der Waals surface area contributed by atoms with Crippen LogP contribution in [0.3, 0.4) is 0 Å². The fraction of sp³-hybridized carbons (Fsp3) is 0.364. The van der Waals surface area contributed by atoms with Gasteiger partial charge in [0.1, 0.15) is 11.5 Å². The Morgan fingerprint density at radius 1 is 1.24 bits per heavy atom. The van der Waals surface area contributed by atoms with Crippen LogP contribution in [0.5, 0.6) is 11.5 Å². The van der Waals surface area contributed by atoms with Crippen molar-refractivity contribution in [2.75, 3.05) is 19.0 Å². The average Bonchev–Trinajstić information content (AvgIpc) is 2.36. The summed E-state index contributed by atoms with van der Waals surface area (Å²) in [7, 11) is 0. The van der Waals surface area contributed by atoms with Gasteiger partial charge in [0.05, 0.1) is 13.2 Å². The molecule has 0 aromatic heterocycles. The molecule has 0 fully saturated rings. The van der Waals surface area contributed by atoms with E-state index >= 15 is 0 Å². The quantitative estimate of drug-likeness (QED) is 0.264. The van der Waals surface area contributed by atoms with Gasteiger partial charge in [-0.2, -0.15) is 5.10 Å². The maximum atomic E-state index is 5.51. The van der Waals surface area contributed by atoms with Crippen molar-refractivity contribution in [3.05, 3.63) is 24.3 Å². The Balaban J connectivity index is 2.27. The van der Waals surface area contributed by atoms with Crippen LogP contribution < -0.4 is 21.1 Å². The molecule has 94 valence electrons. The van der Waals surface area contributed by atoms with Crippen molar-refractivity contribution in [2.24, 2.45) is 16.7 Å². The van der Waals surface area contributed by atoms with Crippen molar-refractivity contribution in [1.29, 1.82) is 0 Å². The third-order valence-corrected chi connectivity index (χ3v) is 2.64. The van der Waals surface area contributed by atoms with Crippen LogP contribution in [-0.2, 0) is 0 Å². The predicted octanol–water partition coefficient (Wildman–Crippen LogP) is 1.39. The van der Waals surface area contributed by atoms with Gasteiger partial charge in [-0.15, -0.1) is 0 Å². The van der Waals surface area contributed by atoms with Gasteiger partial charge in [0.15, 0.2) is 5.17 Å². The fourth-order valence-electron chi connectivity index (χ4n) is 1.14. The molecule has 0 unspecified atom stereocenters. The highest BCUT2D eigenvalue weighted by atomic mass is 32.2. The van der Waals surface area contributed by atoms with E-state index in [-0.39, 0.29) is 0 Å². The molecule has 0 atom stereocenters. The zero-order chi connectivity index (χ0) is 12.5. The SMILES string of the molecule is CCOc1ccc(OCCSC(N)=NN)cc1. The average molecular weight is 255 g/mol. The molecule has 0 aliphatic heterocycles. The summed E-state index contributed by atoms with van der Waals surface area (Å²) in [5.74, 6) is 7.35. The lowest BCUT2D eigenvalue weighted by Gasteiger charge is -2.07. The first kappa shape index (κ1) is 13.5. The van der Waals surface area contributed by atoms with Crippen LogP contribution in [0.25, 0.3) is 0 Å². The molecular formula is C11H17N3O2S. The third-order valence-electron chi connectivity index (χ3n) is 1.86. The van der Waals surface area contributed by atoms with Gasteiger partial charge in [0.2, 0.25) is 0 Å². The molecule has 0 heterocycles. The van der Waals surface area contributed by atoms with E-state index in [9.17, 15) is 0 Å². The minimum atomic E-state index is 0.361. The Morgan fingerprint density at radius 3 is 2.35 bits per heavy atom. The molecule has 5 nitrogen and oxygen atoms in total. The lowest BCUT2D eigenvalue weighted by atomic mass is 10.3. The molecule has 17 heavy (non-hydrogen) atoms. The highest BCUT2D eigenvalue weighted by molar-refractivity contribution is 8.13. The first-order chi connectivity index (χ1) is 8.26. The van der Waals surface area contributed by atoms with Crippen LogP contribution in [-0.4, -0.2) is 24.1 Å². The van der Waals surface area contributed by atoms with E-state index in [1.54, 1.807) is 0 Å². The molecule has 0 saturated carbocycles. The van der Waals surface area contributed by atoms with Gasteiger partial charge in [-0.3, -0.25) is 0 Å². The summed E-state index contributed by atoms with van der Waals surface area (Å²) in [5, 5.41) is 3.71. The van der Waals surface area contributed by atoms with Crippen molar-refractivity contribution in [3.8, 4) is 11.5 Å². The zero-order valence-corrected chi connectivity index (χ0v) is 10.6. The van der Waals surface area contributed by atoms with Crippen molar-refractivity contribution < 1.29 is 9.47 Å². The van der Waals surface area contributed by atoms with Crippen molar-refractivity contribution >= 4 is 16.9 Å². The normalized spacial score (nSPS) is 11.2. The van der Waals surface area contributed by atoms with Gasteiger partial charge < -0.3 is 21.1 Å². The Kier molecular flexibility index (Phi) is 6.09. The van der Waals surface area contributed by atoms with Crippen molar-refractivity contribution in [3.63, 3.8) is 0 Å².